The summed E-state index contributed by atoms with van der Waals surface area (Å²) < 4.78 is 47.5. The number of benzene rings is 1. The minimum atomic E-state index is -3.55. The zero-order valence-corrected chi connectivity index (χ0v) is 19.5. The topological polar surface area (TPSA) is 98.0 Å². The zero-order chi connectivity index (χ0) is 22.9. The Morgan fingerprint density at radius 3 is 2.66 bits per heavy atom. The van der Waals surface area contributed by atoms with Gasteiger partial charge in [0.05, 0.1) is 17.3 Å². The van der Waals surface area contributed by atoms with E-state index in [9.17, 15) is 22.4 Å². The number of amides is 1. The number of methoxy groups -OCH3 is 1. The van der Waals surface area contributed by atoms with Gasteiger partial charge < -0.3 is 9.30 Å². The number of carbonyl (C=O) groups excluding carboxylic acids is 2. The van der Waals surface area contributed by atoms with Gasteiger partial charge in [0.15, 0.2) is 4.80 Å². The fraction of sp³-hybridized carbons (Fsp3) is 0.350. The number of fused-ring (bicyclic) bond motifs is 1. The van der Waals surface area contributed by atoms with E-state index < -0.39 is 27.7 Å². The van der Waals surface area contributed by atoms with E-state index in [1.54, 1.807) is 17.5 Å². The second-order valence-corrected chi connectivity index (χ2v) is 11.3. The molecule has 3 aromatic rings. The lowest BCUT2D eigenvalue weighted by Crippen LogP contribution is -2.40. The molecule has 8 nitrogen and oxygen atoms in total. The van der Waals surface area contributed by atoms with Crippen LogP contribution in [0, 0.1) is 11.7 Å². The first-order valence-electron chi connectivity index (χ1n) is 9.77. The van der Waals surface area contributed by atoms with Crippen molar-refractivity contribution in [3.8, 4) is 0 Å². The van der Waals surface area contributed by atoms with E-state index in [1.165, 1.54) is 34.2 Å². The third-order valence-electron chi connectivity index (χ3n) is 5.26. The van der Waals surface area contributed by atoms with Gasteiger partial charge in [-0.1, -0.05) is 17.4 Å². The molecule has 1 amide bonds. The highest BCUT2D eigenvalue weighted by atomic mass is 32.2. The molecule has 0 atom stereocenters. The predicted octanol–water partition coefficient (Wildman–Crippen LogP) is 2.60. The Labute approximate surface area is 191 Å². The van der Waals surface area contributed by atoms with Gasteiger partial charge in [-0.15, -0.1) is 11.3 Å². The van der Waals surface area contributed by atoms with E-state index in [4.69, 9.17) is 4.74 Å². The molecule has 170 valence electrons. The van der Waals surface area contributed by atoms with Gasteiger partial charge in [-0.05, 0) is 42.5 Å². The summed E-state index contributed by atoms with van der Waals surface area (Å²) in [7, 11) is -2.29. The number of piperidine rings is 1. The Bertz CT molecular complexity index is 1320. The minimum Gasteiger partial charge on any atom is -0.468 e. The Morgan fingerprint density at radius 2 is 2.00 bits per heavy atom. The second kappa shape index (κ2) is 9.22. The zero-order valence-electron chi connectivity index (χ0n) is 17.1. The molecule has 1 aliphatic heterocycles. The van der Waals surface area contributed by atoms with Crippen LogP contribution in [0.4, 0.5) is 4.39 Å². The number of nitrogens with zero attached hydrogens (tertiary/aromatic N) is 3. The van der Waals surface area contributed by atoms with Crippen molar-refractivity contribution in [3.63, 3.8) is 0 Å². The van der Waals surface area contributed by atoms with Crippen LogP contribution >= 0.6 is 22.7 Å². The number of ether oxygens (including phenoxy) is 1. The van der Waals surface area contributed by atoms with Gasteiger partial charge in [0.25, 0.3) is 15.9 Å². The van der Waals surface area contributed by atoms with Crippen molar-refractivity contribution in [2.45, 2.75) is 23.6 Å². The van der Waals surface area contributed by atoms with Crippen molar-refractivity contribution in [1.29, 1.82) is 0 Å². The van der Waals surface area contributed by atoms with Crippen LogP contribution in [0.3, 0.4) is 0 Å². The summed E-state index contributed by atoms with van der Waals surface area (Å²) in [5, 5.41) is 1.71. The lowest BCUT2D eigenvalue weighted by Gasteiger charge is -2.29. The van der Waals surface area contributed by atoms with Gasteiger partial charge in [0.2, 0.25) is 0 Å². The number of aromatic nitrogens is 1. The van der Waals surface area contributed by atoms with Gasteiger partial charge in [-0.2, -0.15) is 9.30 Å². The molecular weight excluding hydrogens is 477 g/mol. The summed E-state index contributed by atoms with van der Waals surface area (Å²) >= 11 is 2.27. The van der Waals surface area contributed by atoms with Crippen molar-refractivity contribution in [2.75, 3.05) is 20.2 Å². The molecule has 2 aromatic heterocycles. The van der Waals surface area contributed by atoms with E-state index >= 15 is 0 Å². The summed E-state index contributed by atoms with van der Waals surface area (Å²) in [6.07, 6.45) is 0.701. The molecule has 4 rings (SSSR count). The van der Waals surface area contributed by atoms with E-state index in [0.29, 0.717) is 23.1 Å². The summed E-state index contributed by atoms with van der Waals surface area (Å²) in [5.41, 5.74) is 0.574. The first-order valence-corrected chi connectivity index (χ1v) is 12.9. The molecular formula is C20H20FN3O5S3. The summed E-state index contributed by atoms with van der Waals surface area (Å²) in [6, 6.07) is 7.38. The normalized spacial score (nSPS) is 16.5. The standard InChI is InChI=1S/C20H20FN3O5S3/c1-29-17(25)12-24-15-5-4-14(21)11-16(15)31-20(24)22-19(26)13-6-8-23(9-7-13)32(27,28)18-3-2-10-30-18/h2-5,10-11,13H,6-9,12H2,1H3. The highest BCUT2D eigenvalue weighted by molar-refractivity contribution is 7.91. The molecule has 0 radical (unpaired) electrons. The minimum absolute atomic E-state index is 0.161. The Kier molecular flexibility index (Phi) is 6.56. The maximum atomic E-state index is 13.6. The maximum absolute atomic E-state index is 13.6. The lowest BCUT2D eigenvalue weighted by atomic mass is 9.98. The highest BCUT2D eigenvalue weighted by Gasteiger charge is 2.32. The van der Waals surface area contributed by atoms with Crippen LogP contribution in [0.2, 0.25) is 0 Å². The Balaban J connectivity index is 1.56. The van der Waals surface area contributed by atoms with Gasteiger partial charge in [-0.3, -0.25) is 9.59 Å². The van der Waals surface area contributed by atoms with Crippen LogP contribution in [0.1, 0.15) is 12.8 Å². The highest BCUT2D eigenvalue weighted by Crippen LogP contribution is 2.27. The number of halogens is 1. The molecule has 0 spiro atoms. The molecule has 0 unspecified atom stereocenters. The summed E-state index contributed by atoms with van der Waals surface area (Å²) in [6.45, 7) is 0.295. The monoisotopic (exact) mass is 497 g/mol. The Hall–Kier alpha value is -2.41. The van der Waals surface area contributed by atoms with Crippen molar-refractivity contribution in [3.05, 3.63) is 46.3 Å². The average molecular weight is 498 g/mol. The van der Waals surface area contributed by atoms with Crippen LogP contribution in [-0.4, -0.2) is 49.4 Å². The molecule has 1 fully saturated rings. The van der Waals surface area contributed by atoms with E-state index in [0.717, 1.165) is 22.7 Å². The second-order valence-electron chi connectivity index (χ2n) is 7.22. The molecule has 1 aliphatic rings. The van der Waals surface area contributed by atoms with Crippen molar-refractivity contribution < 1.29 is 27.1 Å². The SMILES string of the molecule is COC(=O)Cn1c(=NC(=O)C2CCN(S(=O)(=O)c3cccs3)CC2)sc2cc(F)ccc21. The largest absolute Gasteiger partial charge is 0.468 e. The average Bonchev–Trinajstić information content (AvgIpc) is 3.43. The van der Waals surface area contributed by atoms with Crippen LogP contribution in [-0.2, 0) is 30.9 Å². The quantitative estimate of drug-likeness (QED) is 0.505. The molecule has 0 saturated carbocycles. The number of sulfonamides is 1. The van der Waals surface area contributed by atoms with E-state index in [1.807, 2.05) is 0 Å². The molecule has 1 aromatic carbocycles. The predicted molar refractivity (Wildman–Crippen MR) is 118 cm³/mol. The Morgan fingerprint density at radius 1 is 1.25 bits per heavy atom. The number of esters is 1. The lowest BCUT2D eigenvalue weighted by molar-refractivity contribution is -0.141. The van der Waals surface area contributed by atoms with Gasteiger partial charge in [-0.25, -0.2) is 12.8 Å². The molecule has 0 aliphatic carbocycles. The molecule has 1 saturated heterocycles. The number of thiophene rings is 1. The van der Waals surface area contributed by atoms with Crippen LogP contribution in [0.25, 0.3) is 10.2 Å². The number of hydrogen-bond acceptors (Lipinski definition) is 7. The first-order chi connectivity index (χ1) is 15.3. The third kappa shape index (κ3) is 4.53. The van der Waals surface area contributed by atoms with Gasteiger partial charge >= 0.3 is 5.97 Å². The van der Waals surface area contributed by atoms with E-state index in [-0.39, 0.29) is 34.6 Å². The third-order valence-corrected chi connectivity index (χ3v) is 9.57. The van der Waals surface area contributed by atoms with Crippen LogP contribution in [0.15, 0.2) is 44.9 Å². The van der Waals surface area contributed by atoms with Crippen molar-refractivity contribution in [2.24, 2.45) is 10.9 Å². The van der Waals surface area contributed by atoms with Crippen LogP contribution in [0.5, 0.6) is 0 Å². The van der Waals surface area contributed by atoms with Crippen LogP contribution < -0.4 is 4.80 Å². The fourth-order valence-corrected chi connectivity index (χ4v) is 7.22. The number of thiazole rings is 1. The number of rotatable bonds is 5. The van der Waals surface area contributed by atoms with Crippen molar-refractivity contribution >= 4 is 54.8 Å². The molecule has 12 heteroatoms. The fourth-order valence-electron chi connectivity index (χ4n) is 3.54. The first kappa shape index (κ1) is 22.8. The summed E-state index contributed by atoms with van der Waals surface area (Å²) in [4.78, 5) is 29.2. The van der Waals surface area contributed by atoms with Gasteiger partial charge in [0.1, 0.15) is 16.6 Å². The molecule has 0 N–H and O–H groups in total. The van der Waals surface area contributed by atoms with Crippen molar-refractivity contribution in [1.82, 2.24) is 8.87 Å². The summed E-state index contributed by atoms with van der Waals surface area (Å²) in [5.74, 6) is -1.77. The number of hydrogen-bond donors (Lipinski definition) is 0. The molecule has 0 bridgehead atoms. The van der Waals surface area contributed by atoms with E-state index in [2.05, 4.69) is 4.99 Å². The molecule has 3 heterocycles. The van der Waals surface area contributed by atoms with Gasteiger partial charge in [0, 0.05) is 19.0 Å². The maximum Gasteiger partial charge on any atom is 0.325 e. The smallest absolute Gasteiger partial charge is 0.325 e. The molecule has 32 heavy (non-hydrogen) atoms. The number of carbonyl (C=O) groups is 2.